The first kappa shape index (κ1) is 13.0. The lowest BCUT2D eigenvalue weighted by Gasteiger charge is -2.07. The fourth-order valence-corrected chi connectivity index (χ4v) is 1.80. The molecule has 0 aliphatic rings. The van der Waals surface area contributed by atoms with E-state index in [0.717, 1.165) is 0 Å². The second-order valence-electron chi connectivity index (χ2n) is 4.13. The highest BCUT2D eigenvalue weighted by molar-refractivity contribution is 5.64. The van der Waals surface area contributed by atoms with Crippen LogP contribution < -0.4 is 5.32 Å². The van der Waals surface area contributed by atoms with Gasteiger partial charge in [-0.25, -0.2) is 0 Å². The Kier molecular flexibility index (Phi) is 3.74. The summed E-state index contributed by atoms with van der Waals surface area (Å²) in [6.07, 6.45) is 0.544. The molecule has 0 unspecified atom stereocenters. The second kappa shape index (κ2) is 5.47. The number of hydrogen-bond donors (Lipinski definition) is 1. The minimum absolute atomic E-state index is 0.104. The van der Waals surface area contributed by atoms with Gasteiger partial charge in [0.05, 0.1) is 4.92 Å². The van der Waals surface area contributed by atoms with E-state index in [-0.39, 0.29) is 10.6 Å². The molecule has 1 aromatic carbocycles. The van der Waals surface area contributed by atoms with Gasteiger partial charge in [0.1, 0.15) is 5.69 Å². The first-order valence-electron chi connectivity index (χ1n) is 5.85. The molecular formula is C12H14N4O3. The maximum atomic E-state index is 11.0. The number of aromatic nitrogens is 2. The number of anilines is 1. The van der Waals surface area contributed by atoms with Gasteiger partial charge >= 0.3 is 0 Å². The first-order chi connectivity index (χ1) is 9.08. The molecule has 0 spiro atoms. The quantitative estimate of drug-likeness (QED) is 0.656. The maximum Gasteiger partial charge on any atom is 0.295 e. The van der Waals surface area contributed by atoms with Crippen LogP contribution in [0.25, 0.3) is 0 Å². The van der Waals surface area contributed by atoms with Gasteiger partial charge in [-0.15, -0.1) is 0 Å². The van der Waals surface area contributed by atoms with Gasteiger partial charge in [0.15, 0.2) is 5.82 Å². The Hall–Kier alpha value is -2.44. The van der Waals surface area contributed by atoms with Gasteiger partial charge in [0.2, 0.25) is 5.89 Å². The second-order valence-corrected chi connectivity index (χ2v) is 4.13. The molecule has 100 valence electrons. The minimum atomic E-state index is -0.379. The van der Waals surface area contributed by atoms with E-state index in [1.807, 2.05) is 0 Å². The van der Waals surface area contributed by atoms with E-state index in [0.29, 0.717) is 35.9 Å². The molecule has 0 atom stereocenters. The molecule has 2 rings (SSSR count). The Morgan fingerprint density at radius 3 is 2.84 bits per heavy atom. The van der Waals surface area contributed by atoms with Crippen molar-refractivity contribution in [3.63, 3.8) is 0 Å². The van der Waals surface area contributed by atoms with E-state index in [1.54, 1.807) is 32.0 Å². The third-order valence-corrected chi connectivity index (χ3v) is 2.65. The third-order valence-electron chi connectivity index (χ3n) is 2.65. The van der Waals surface area contributed by atoms with Gasteiger partial charge in [0.25, 0.3) is 5.69 Å². The number of para-hydroxylation sites is 1. The molecule has 0 amide bonds. The summed E-state index contributed by atoms with van der Waals surface area (Å²) in [6, 6.07) is 5.18. The van der Waals surface area contributed by atoms with Gasteiger partial charge in [-0.2, -0.15) is 4.98 Å². The molecule has 1 heterocycles. The van der Waals surface area contributed by atoms with E-state index in [4.69, 9.17) is 4.52 Å². The topological polar surface area (TPSA) is 94.1 Å². The molecule has 0 radical (unpaired) electrons. The van der Waals surface area contributed by atoms with Crippen molar-refractivity contribution in [2.24, 2.45) is 0 Å². The van der Waals surface area contributed by atoms with Crippen molar-refractivity contribution in [2.75, 3.05) is 11.9 Å². The summed E-state index contributed by atoms with van der Waals surface area (Å²) in [6.45, 7) is 3.93. The summed E-state index contributed by atoms with van der Waals surface area (Å²) >= 11 is 0. The van der Waals surface area contributed by atoms with E-state index in [1.165, 1.54) is 0 Å². The molecule has 0 bridgehead atoms. The zero-order valence-corrected chi connectivity index (χ0v) is 10.7. The first-order valence-corrected chi connectivity index (χ1v) is 5.85. The number of nitro groups is 1. The predicted octanol–water partition coefficient (Wildman–Crippen LogP) is 2.25. The van der Waals surface area contributed by atoms with E-state index < -0.39 is 0 Å². The lowest BCUT2D eigenvalue weighted by molar-refractivity contribution is -0.384. The molecule has 7 nitrogen and oxygen atoms in total. The highest BCUT2D eigenvalue weighted by atomic mass is 16.6. The predicted molar refractivity (Wildman–Crippen MR) is 69.1 cm³/mol. The number of aryl methyl sites for hydroxylation is 2. The Balaban J connectivity index is 2.03. The molecular weight excluding hydrogens is 248 g/mol. The van der Waals surface area contributed by atoms with Crippen molar-refractivity contribution < 1.29 is 9.45 Å². The van der Waals surface area contributed by atoms with E-state index in [2.05, 4.69) is 15.5 Å². The summed E-state index contributed by atoms with van der Waals surface area (Å²) in [5.41, 5.74) is 1.24. The zero-order valence-electron chi connectivity index (χ0n) is 10.7. The molecule has 0 aliphatic heterocycles. The Labute approximate surface area is 109 Å². The van der Waals surface area contributed by atoms with Crippen LogP contribution in [-0.4, -0.2) is 21.6 Å². The number of benzene rings is 1. The van der Waals surface area contributed by atoms with Gasteiger partial charge in [-0.3, -0.25) is 10.1 Å². The van der Waals surface area contributed by atoms with Crippen LogP contribution in [0.15, 0.2) is 22.7 Å². The van der Waals surface area contributed by atoms with Crippen molar-refractivity contribution in [1.82, 2.24) is 10.1 Å². The highest BCUT2D eigenvalue weighted by Crippen LogP contribution is 2.27. The molecule has 2 aromatic rings. The summed E-state index contributed by atoms with van der Waals surface area (Å²) in [7, 11) is 0. The van der Waals surface area contributed by atoms with Crippen LogP contribution in [0.2, 0.25) is 0 Å². The molecule has 0 saturated heterocycles. The SMILES string of the molecule is Cc1nc(CCNc2cccc(C)c2[N+](=O)[O-])no1. The van der Waals surface area contributed by atoms with Crippen LogP contribution in [0.5, 0.6) is 0 Å². The van der Waals surface area contributed by atoms with E-state index >= 15 is 0 Å². The highest BCUT2D eigenvalue weighted by Gasteiger charge is 2.16. The van der Waals surface area contributed by atoms with Crippen molar-refractivity contribution in [3.8, 4) is 0 Å². The summed E-state index contributed by atoms with van der Waals surface area (Å²) < 4.78 is 4.85. The fraction of sp³-hybridized carbons (Fsp3) is 0.333. The third kappa shape index (κ3) is 3.06. The number of rotatable bonds is 5. The molecule has 19 heavy (non-hydrogen) atoms. The van der Waals surface area contributed by atoms with Gasteiger partial charge < -0.3 is 9.84 Å². The number of hydrogen-bond acceptors (Lipinski definition) is 6. The van der Waals surface area contributed by atoms with Gasteiger partial charge in [-0.1, -0.05) is 17.3 Å². The monoisotopic (exact) mass is 262 g/mol. The van der Waals surface area contributed by atoms with Crippen molar-refractivity contribution in [1.29, 1.82) is 0 Å². The number of nitro benzene ring substituents is 1. The summed E-state index contributed by atoms with van der Waals surface area (Å²) in [5.74, 6) is 1.09. The van der Waals surface area contributed by atoms with Crippen LogP contribution >= 0.6 is 0 Å². The fourth-order valence-electron chi connectivity index (χ4n) is 1.80. The Morgan fingerprint density at radius 2 is 2.21 bits per heavy atom. The van der Waals surface area contributed by atoms with Crippen LogP contribution in [-0.2, 0) is 6.42 Å². The average molecular weight is 262 g/mol. The van der Waals surface area contributed by atoms with Crippen molar-refractivity contribution in [3.05, 3.63) is 45.6 Å². The van der Waals surface area contributed by atoms with E-state index in [9.17, 15) is 10.1 Å². The van der Waals surface area contributed by atoms with Crippen molar-refractivity contribution in [2.45, 2.75) is 20.3 Å². The van der Waals surface area contributed by atoms with Gasteiger partial charge in [-0.05, 0) is 13.0 Å². The van der Waals surface area contributed by atoms with Crippen LogP contribution in [0.4, 0.5) is 11.4 Å². The lowest BCUT2D eigenvalue weighted by atomic mass is 10.1. The average Bonchev–Trinajstić information content (AvgIpc) is 2.74. The van der Waals surface area contributed by atoms with Crippen LogP contribution in [0.3, 0.4) is 0 Å². The molecule has 0 saturated carbocycles. The normalized spacial score (nSPS) is 10.4. The minimum Gasteiger partial charge on any atom is -0.379 e. The largest absolute Gasteiger partial charge is 0.379 e. The zero-order chi connectivity index (χ0) is 13.8. The number of nitrogens with zero attached hydrogens (tertiary/aromatic N) is 3. The lowest BCUT2D eigenvalue weighted by Crippen LogP contribution is -2.08. The molecule has 1 aromatic heterocycles. The molecule has 0 aliphatic carbocycles. The molecule has 7 heteroatoms. The standard InChI is InChI=1S/C12H14N4O3/c1-8-4-3-5-10(12(8)16(17)18)13-7-6-11-14-9(2)19-15-11/h3-5,13H,6-7H2,1-2H3. The van der Waals surface area contributed by atoms with Gasteiger partial charge in [0, 0.05) is 25.5 Å². The van der Waals surface area contributed by atoms with Crippen LogP contribution in [0.1, 0.15) is 17.3 Å². The Morgan fingerprint density at radius 1 is 1.42 bits per heavy atom. The molecule has 1 N–H and O–H groups in total. The maximum absolute atomic E-state index is 11.0. The molecule has 0 fully saturated rings. The van der Waals surface area contributed by atoms with Crippen molar-refractivity contribution >= 4 is 11.4 Å². The summed E-state index contributed by atoms with van der Waals surface area (Å²) in [5, 5.41) is 17.8. The smallest absolute Gasteiger partial charge is 0.295 e. The number of nitrogens with one attached hydrogen (secondary N) is 1. The Bertz CT molecular complexity index is 594. The van der Waals surface area contributed by atoms with Crippen LogP contribution in [0, 0.1) is 24.0 Å². The summed E-state index contributed by atoms with van der Waals surface area (Å²) in [4.78, 5) is 14.7.